The molecule has 0 amide bonds. The van der Waals surface area contributed by atoms with Crippen LogP contribution in [0.1, 0.15) is 290 Å². The van der Waals surface area contributed by atoms with Crippen molar-refractivity contribution in [2.75, 3.05) is 6.61 Å². The van der Waals surface area contributed by atoms with Crippen LogP contribution < -0.4 is 0 Å². The number of allylic oxidation sites excluding steroid dienone is 1. The molecule has 0 aromatic carbocycles. The number of esters is 1. The summed E-state index contributed by atoms with van der Waals surface area (Å²) in [5.41, 5.74) is 0. The zero-order valence-corrected chi connectivity index (χ0v) is 35.6. The average molecular weight is 717 g/mol. The minimum absolute atomic E-state index is 0.147. The van der Waals surface area contributed by atoms with Crippen molar-refractivity contribution >= 4 is 5.97 Å². The van der Waals surface area contributed by atoms with Crippen molar-refractivity contribution in [2.24, 2.45) is 0 Å². The minimum atomic E-state index is -0.147. The van der Waals surface area contributed by atoms with Gasteiger partial charge in [0.2, 0.25) is 0 Å². The van der Waals surface area contributed by atoms with Crippen LogP contribution in [0.25, 0.3) is 0 Å². The molecule has 0 N–H and O–H groups in total. The zero-order valence-electron chi connectivity index (χ0n) is 35.6. The van der Waals surface area contributed by atoms with E-state index in [1.54, 1.807) is 6.08 Å². The van der Waals surface area contributed by atoms with Crippen LogP contribution in [0.5, 0.6) is 0 Å². The molecule has 0 spiro atoms. The van der Waals surface area contributed by atoms with Crippen LogP contribution in [0.15, 0.2) is 12.2 Å². The maximum absolute atomic E-state index is 11.9. The maximum Gasteiger partial charge on any atom is 0.330 e. The number of rotatable bonds is 45. The second-order valence-corrected chi connectivity index (χ2v) is 16.5. The summed E-state index contributed by atoms with van der Waals surface area (Å²) in [5, 5.41) is 0. The number of unbranched alkanes of at least 4 members (excludes halogenated alkanes) is 41. The van der Waals surface area contributed by atoms with E-state index in [2.05, 4.69) is 13.8 Å². The third-order valence-electron chi connectivity index (χ3n) is 11.2. The van der Waals surface area contributed by atoms with Gasteiger partial charge in [0.15, 0.2) is 0 Å². The van der Waals surface area contributed by atoms with E-state index < -0.39 is 0 Å². The van der Waals surface area contributed by atoms with Gasteiger partial charge in [-0.05, 0) is 19.3 Å². The number of hydrogen-bond donors (Lipinski definition) is 0. The van der Waals surface area contributed by atoms with Gasteiger partial charge in [-0.1, -0.05) is 277 Å². The van der Waals surface area contributed by atoms with Gasteiger partial charge in [-0.2, -0.15) is 0 Å². The van der Waals surface area contributed by atoms with Crippen molar-refractivity contribution in [1.29, 1.82) is 0 Å². The Hall–Kier alpha value is -0.790. The zero-order chi connectivity index (χ0) is 36.8. The monoisotopic (exact) mass is 717 g/mol. The lowest BCUT2D eigenvalue weighted by atomic mass is 10.0. The lowest BCUT2D eigenvalue weighted by Gasteiger charge is -2.05. The maximum atomic E-state index is 11.9. The van der Waals surface area contributed by atoms with E-state index in [1.165, 1.54) is 263 Å². The van der Waals surface area contributed by atoms with Gasteiger partial charge in [-0.15, -0.1) is 0 Å². The highest BCUT2D eigenvalue weighted by atomic mass is 16.5. The van der Waals surface area contributed by atoms with Crippen molar-refractivity contribution in [3.8, 4) is 0 Å². The summed E-state index contributed by atoms with van der Waals surface area (Å²) in [5.74, 6) is -0.147. The molecule has 0 aliphatic heterocycles. The van der Waals surface area contributed by atoms with E-state index in [9.17, 15) is 4.79 Å². The Morgan fingerprint density at radius 3 is 0.784 bits per heavy atom. The molecule has 0 unspecified atom stereocenters. The number of hydrogen-bond acceptors (Lipinski definition) is 2. The van der Waals surface area contributed by atoms with Crippen LogP contribution >= 0.6 is 0 Å². The number of carbonyl (C=O) groups is 1. The molecule has 0 aliphatic carbocycles. The van der Waals surface area contributed by atoms with Crippen molar-refractivity contribution in [3.05, 3.63) is 12.2 Å². The first-order valence-corrected chi connectivity index (χ1v) is 24.1. The largest absolute Gasteiger partial charge is 0.463 e. The lowest BCUT2D eigenvalue weighted by Crippen LogP contribution is -2.02. The summed E-state index contributed by atoms with van der Waals surface area (Å²) in [6.07, 6.45) is 63.8. The Labute approximate surface area is 323 Å². The fraction of sp³-hybridized carbons (Fsp3) is 0.939. The number of ether oxygens (including phenoxy) is 1. The second-order valence-electron chi connectivity index (χ2n) is 16.5. The first kappa shape index (κ1) is 50.2. The van der Waals surface area contributed by atoms with Gasteiger partial charge in [0, 0.05) is 6.08 Å². The second kappa shape index (κ2) is 47.2. The SMILES string of the molecule is CCCCCCCCCCCCCCCCCC=CC(=O)OCCCCCCCCCCCCCCCCCCCCCCCCCCCCC. The predicted molar refractivity (Wildman–Crippen MR) is 230 cm³/mol. The highest BCUT2D eigenvalue weighted by molar-refractivity contribution is 5.81. The molecular formula is C49H96O2. The molecule has 0 saturated heterocycles. The molecular weight excluding hydrogens is 621 g/mol. The molecule has 0 fully saturated rings. The molecule has 0 atom stereocenters. The Balaban J connectivity index is 3.18. The first-order chi connectivity index (χ1) is 25.3. The Morgan fingerprint density at radius 1 is 0.314 bits per heavy atom. The van der Waals surface area contributed by atoms with Crippen LogP contribution in [-0.4, -0.2) is 12.6 Å². The summed E-state index contributed by atoms with van der Waals surface area (Å²) >= 11 is 0. The van der Waals surface area contributed by atoms with E-state index >= 15 is 0 Å². The molecule has 2 nitrogen and oxygen atoms in total. The molecule has 304 valence electrons. The normalized spacial score (nSPS) is 11.6. The third-order valence-corrected chi connectivity index (χ3v) is 11.2. The van der Waals surface area contributed by atoms with Crippen molar-refractivity contribution < 1.29 is 9.53 Å². The van der Waals surface area contributed by atoms with Gasteiger partial charge >= 0.3 is 5.97 Å². The van der Waals surface area contributed by atoms with E-state index in [4.69, 9.17) is 4.74 Å². The summed E-state index contributed by atoms with van der Waals surface area (Å²) < 4.78 is 5.40. The quantitative estimate of drug-likeness (QED) is 0.0356. The van der Waals surface area contributed by atoms with Gasteiger partial charge in [-0.25, -0.2) is 4.79 Å². The summed E-state index contributed by atoms with van der Waals surface area (Å²) in [7, 11) is 0. The highest BCUT2D eigenvalue weighted by Crippen LogP contribution is 2.17. The fourth-order valence-electron chi connectivity index (χ4n) is 7.63. The van der Waals surface area contributed by atoms with Gasteiger partial charge < -0.3 is 4.74 Å². The van der Waals surface area contributed by atoms with Crippen molar-refractivity contribution in [2.45, 2.75) is 290 Å². The molecule has 0 aliphatic rings. The Bertz CT molecular complexity index is 655. The summed E-state index contributed by atoms with van der Waals surface area (Å²) in [6, 6.07) is 0. The number of carbonyl (C=O) groups excluding carboxylic acids is 1. The molecule has 51 heavy (non-hydrogen) atoms. The van der Waals surface area contributed by atoms with Gasteiger partial charge in [0.25, 0.3) is 0 Å². The van der Waals surface area contributed by atoms with Crippen LogP contribution in [0.2, 0.25) is 0 Å². The first-order valence-electron chi connectivity index (χ1n) is 24.1. The third kappa shape index (κ3) is 47.2. The van der Waals surface area contributed by atoms with Crippen LogP contribution in [0.4, 0.5) is 0 Å². The smallest absolute Gasteiger partial charge is 0.330 e. The molecule has 0 saturated carbocycles. The van der Waals surface area contributed by atoms with Crippen molar-refractivity contribution in [1.82, 2.24) is 0 Å². The Kier molecular flexibility index (Phi) is 46.5. The Morgan fingerprint density at radius 2 is 0.529 bits per heavy atom. The summed E-state index contributed by atoms with van der Waals surface area (Å²) in [6.45, 7) is 5.18. The lowest BCUT2D eigenvalue weighted by molar-refractivity contribution is -0.137. The van der Waals surface area contributed by atoms with E-state index in [-0.39, 0.29) is 5.97 Å². The average Bonchev–Trinajstić information content (AvgIpc) is 3.14. The van der Waals surface area contributed by atoms with Crippen LogP contribution in [0, 0.1) is 0 Å². The molecule has 0 rings (SSSR count). The summed E-state index contributed by atoms with van der Waals surface area (Å²) in [4.78, 5) is 11.9. The molecule has 2 heteroatoms. The predicted octanol–water partition coefficient (Wildman–Crippen LogP) is 17.9. The van der Waals surface area contributed by atoms with E-state index in [1.807, 2.05) is 6.08 Å². The highest BCUT2D eigenvalue weighted by Gasteiger charge is 1.99. The minimum Gasteiger partial charge on any atom is -0.463 e. The van der Waals surface area contributed by atoms with E-state index in [0.29, 0.717) is 6.61 Å². The molecule has 0 radical (unpaired) electrons. The molecule has 0 aromatic heterocycles. The van der Waals surface area contributed by atoms with Gasteiger partial charge in [-0.3, -0.25) is 0 Å². The standard InChI is InChI=1S/C49H96O2/c1-3-5-7-9-11-13-15-17-19-21-22-23-24-25-26-27-28-29-30-32-34-36-38-40-42-44-46-48-51-49(50)47-45-43-41-39-37-35-33-31-20-18-16-14-12-10-8-6-4-2/h45,47H,3-44,46,48H2,1-2H3. The molecule has 0 heterocycles. The van der Waals surface area contributed by atoms with Gasteiger partial charge in [0.05, 0.1) is 6.61 Å². The molecule has 0 aromatic rings. The van der Waals surface area contributed by atoms with E-state index in [0.717, 1.165) is 12.8 Å². The van der Waals surface area contributed by atoms with Crippen LogP contribution in [-0.2, 0) is 9.53 Å². The van der Waals surface area contributed by atoms with Crippen LogP contribution in [0.3, 0.4) is 0 Å². The fourth-order valence-corrected chi connectivity index (χ4v) is 7.63. The van der Waals surface area contributed by atoms with Crippen molar-refractivity contribution in [3.63, 3.8) is 0 Å². The topological polar surface area (TPSA) is 26.3 Å². The van der Waals surface area contributed by atoms with Gasteiger partial charge in [0.1, 0.15) is 0 Å². The molecule has 0 bridgehead atoms.